The lowest BCUT2D eigenvalue weighted by molar-refractivity contribution is -0.385. The Kier molecular flexibility index (Phi) is 6.10. The Bertz CT molecular complexity index is 558. The van der Waals surface area contributed by atoms with Crippen LogP contribution in [0.4, 0.5) is 5.69 Å². The molecule has 21 heavy (non-hydrogen) atoms. The van der Waals surface area contributed by atoms with Crippen LogP contribution >= 0.6 is 11.6 Å². The smallest absolute Gasteiger partial charge is 0.282 e. The topological polar surface area (TPSA) is 92.6 Å². The number of hydrogen-bond acceptors (Lipinski definition) is 4. The van der Waals surface area contributed by atoms with Gasteiger partial charge in [-0.2, -0.15) is 0 Å². The summed E-state index contributed by atoms with van der Waals surface area (Å²) in [6.07, 6.45) is 0. The van der Waals surface area contributed by atoms with Crippen molar-refractivity contribution in [3.8, 4) is 0 Å². The third-order valence-corrected chi connectivity index (χ3v) is 3.15. The number of nitrogens with one attached hydrogen (secondary N) is 1. The Labute approximate surface area is 127 Å². The van der Waals surface area contributed by atoms with Crippen LogP contribution in [0.25, 0.3) is 0 Å². The maximum absolute atomic E-state index is 12.0. The molecule has 0 spiro atoms. The summed E-state index contributed by atoms with van der Waals surface area (Å²) in [6.45, 7) is 4.49. The molecule has 0 unspecified atom stereocenters. The van der Waals surface area contributed by atoms with E-state index in [-0.39, 0.29) is 28.7 Å². The lowest BCUT2D eigenvalue weighted by atomic mass is 10.1. The van der Waals surface area contributed by atoms with Crippen molar-refractivity contribution in [3.63, 3.8) is 0 Å². The van der Waals surface area contributed by atoms with Gasteiger partial charge in [-0.15, -0.1) is 0 Å². The van der Waals surface area contributed by atoms with Crippen LogP contribution in [0.1, 0.15) is 24.2 Å². The average molecular weight is 314 g/mol. The fourth-order valence-electron chi connectivity index (χ4n) is 1.79. The summed E-state index contributed by atoms with van der Waals surface area (Å²) < 4.78 is 0. The number of carbonyl (C=O) groups excluding carboxylic acids is 2. The van der Waals surface area contributed by atoms with E-state index in [9.17, 15) is 19.7 Å². The molecule has 7 nitrogen and oxygen atoms in total. The fraction of sp³-hybridized carbons (Fsp3) is 0.385. The molecule has 0 fully saturated rings. The SMILES string of the molecule is CCN(CC)C(=O)CNC(=O)c1cc(Cl)ccc1[N+](=O)[O-]. The van der Waals surface area contributed by atoms with Gasteiger partial charge in [0.15, 0.2) is 0 Å². The zero-order valence-electron chi connectivity index (χ0n) is 11.8. The standard InChI is InChI=1S/C13H16ClN3O4/c1-3-16(4-2)12(18)8-15-13(19)10-7-9(14)5-6-11(10)17(20)21/h5-7H,3-4,8H2,1-2H3,(H,15,19). The highest BCUT2D eigenvalue weighted by Crippen LogP contribution is 2.22. The highest BCUT2D eigenvalue weighted by atomic mass is 35.5. The minimum atomic E-state index is -0.704. The van der Waals surface area contributed by atoms with E-state index in [0.717, 1.165) is 6.07 Å². The minimum absolute atomic E-state index is 0.167. The molecular weight excluding hydrogens is 298 g/mol. The van der Waals surface area contributed by atoms with E-state index in [1.54, 1.807) is 4.90 Å². The van der Waals surface area contributed by atoms with E-state index in [0.29, 0.717) is 13.1 Å². The molecule has 8 heteroatoms. The number of amides is 2. The molecule has 114 valence electrons. The molecule has 0 atom stereocenters. The molecule has 0 aliphatic carbocycles. The quantitative estimate of drug-likeness (QED) is 0.640. The third kappa shape index (κ3) is 4.42. The zero-order chi connectivity index (χ0) is 16.0. The molecule has 1 N–H and O–H groups in total. The zero-order valence-corrected chi connectivity index (χ0v) is 12.5. The maximum atomic E-state index is 12.0. The molecule has 0 bridgehead atoms. The van der Waals surface area contributed by atoms with Crippen LogP contribution in [0.3, 0.4) is 0 Å². The summed E-state index contributed by atoms with van der Waals surface area (Å²) in [6, 6.07) is 3.69. The van der Waals surface area contributed by atoms with Crippen LogP contribution in [0.2, 0.25) is 5.02 Å². The molecular formula is C13H16ClN3O4. The highest BCUT2D eigenvalue weighted by molar-refractivity contribution is 6.31. The first-order chi connectivity index (χ1) is 9.90. The van der Waals surface area contributed by atoms with Gasteiger partial charge in [-0.3, -0.25) is 19.7 Å². The molecule has 1 rings (SSSR count). The van der Waals surface area contributed by atoms with Gasteiger partial charge in [0.25, 0.3) is 11.6 Å². The number of likely N-dealkylation sites (N-methyl/N-ethyl adjacent to an activating group) is 1. The van der Waals surface area contributed by atoms with Gasteiger partial charge in [-0.25, -0.2) is 0 Å². The molecule has 0 heterocycles. The van der Waals surface area contributed by atoms with Crippen LogP contribution in [0, 0.1) is 10.1 Å². The van der Waals surface area contributed by atoms with E-state index >= 15 is 0 Å². The van der Waals surface area contributed by atoms with Crippen molar-refractivity contribution < 1.29 is 14.5 Å². The summed E-state index contributed by atoms with van der Waals surface area (Å²) in [5, 5.41) is 13.5. The predicted molar refractivity (Wildman–Crippen MR) is 78.4 cm³/mol. The molecule has 2 amide bonds. The Morgan fingerprint density at radius 3 is 2.48 bits per heavy atom. The first-order valence-corrected chi connectivity index (χ1v) is 6.78. The van der Waals surface area contributed by atoms with Gasteiger partial charge in [0, 0.05) is 24.2 Å². The summed E-state index contributed by atoms with van der Waals surface area (Å²) >= 11 is 5.75. The van der Waals surface area contributed by atoms with Gasteiger partial charge in [-0.05, 0) is 26.0 Å². The van der Waals surface area contributed by atoms with Crippen molar-refractivity contribution in [2.45, 2.75) is 13.8 Å². The van der Waals surface area contributed by atoms with Crippen molar-refractivity contribution in [2.24, 2.45) is 0 Å². The Hall–Kier alpha value is -2.15. The number of nitro benzene ring substituents is 1. The van der Waals surface area contributed by atoms with Crippen LogP contribution in [0.5, 0.6) is 0 Å². The second kappa shape index (κ2) is 7.58. The summed E-state index contributed by atoms with van der Waals surface area (Å²) in [5.74, 6) is -0.956. The van der Waals surface area contributed by atoms with E-state index in [1.165, 1.54) is 12.1 Å². The van der Waals surface area contributed by atoms with Crippen LogP contribution < -0.4 is 5.32 Å². The van der Waals surface area contributed by atoms with Crippen molar-refractivity contribution >= 4 is 29.1 Å². The average Bonchev–Trinajstić information content (AvgIpc) is 2.45. The summed E-state index contributed by atoms with van der Waals surface area (Å²) in [7, 11) is 0. The number of rotatable bonds is 6. The summed E-state index contributed by atoms with van der Waals surface area (Å²) in [5.41, 5.74) is -0.521. The number of benzene rings is 1. The third-order valence-electron chi connectivity index (χ3n) is 2.92. The Morgan fingerprint density at radius 2 is 1.95 bits per heavy atom. The van der Waals surface area contributed by atoms with Crippen molar-refractivity contribution in [2.75, 3.05) is 19.6 Å². The fourth-order valence-corrected chi connectivity index (χ4v) is 1.96. The van der Waals surface area contributed by atoms with E-state index in [2.05, 4.69) is 5.32 Å². The van der Waals surface area contributed by atoms with Gasteiger partial charge in [0.1, 0.15) is 5.56 Å². The molecule has 0 aromatic heterocycles. The Balaban J connectivity index is 2.83. The molecule has 0 saturated heterocycles. The first kappa shape index (κ1) is 16.9. The van der Waals surface area contributed by atoms with E-state index in [4.69, 9.17) is 11.6 Å². The number of halogens is 1. The van der Waals surface area contributed by atoms with Crippen molar-refractivity contribution in [3.05, 3.63) is 38.9 Å². The van der Waals surface area contributed by atoms with Crippen molar-refractivity contribution in [1.82, 2.24) is 10.2 Å². The molecule has 1 aromatic rings. The van der Waals surface area contributed by atoms with Gasteiger partial charge >= 0.3 is 0 Å². The Morgan fingerprint density at radius 1 is 1.33 bits per heavy atom. The monoisotopic (exact) mass is 313 g/mol. The number of nitrogens with zero attached hydrogens (tertiary/aromatic N) is 2. The lowest BCUT2D eigenvalue weighted by Gasteiger charge is -2.18. The van der Waals surface area contributed by atoms with Crippen molar-refractivity contribution in [1.29, 1.82) is 0 Å². The number of carbonyl (C=O) groups is 2. The predicted octanol–water partition coefficient (Wildman–Crippen LogP) is 1.85. The highest BCUT2D eigenvalue weighted by Gasteiger charge is 2.21. The molecule has 0 aliphatic rings. The maximum Gasteiger partial charge on any atom is 0.282 e. The minimum Gasteiger partial charge on any atom is -0.343 e. The second-order valence-corrected chi connectivity index (χ2v) is 4.60. The van der Waals surface area contributed by atoms with Crippen LogP contribution in [0.15, 0.2) is 18.2 Å². The second-order valence-electron chi connectivity index (χ2n) is 4.17. The van der Waals surface area contributed by atoms with Crippen LogP contribution in [-0.4, -0.2) is 41.3 Å². The lowest BCUT2D eigenvalue weighted by Crippen LogP contribution is -2.40. The van der Waals surface area contributed by atoms with Gasteiger partial charge < -0.3 is 10.2 Å². The van der Waals surface area contributed by atoms with Gasteiger partial charge in [0.05, 0.1) is 11.5 Å². The summed E-state index contributed by atoms with van der Waals surface area (Å²) in [4.78, 5) is 35.5. The molecule has 0 aliphatic heterocycles. The van der Waals surface area contributed by atoms with E-state index < -0.39 is 10.8 Å². The largest absolute Gasteiger partial charge is 0.343 e. The van der Waals surface area contributed by atoms with E-state index in [1.807, 2.05) is 13.8 Å². The first-order valence-electron chi connectivity index (χ1n) is 6.40. The molecule has 1 aromatic carbocycles. The number of nitro groups is 1. The molecule has 0 radical (unpaired) electrons. The van der Waals surface area contributed by atoms with Crippen LogP contribution in [-0.2, 0) is 4.79 Å². The normalized spacial score (nSPS) is 10.0. The van der Waals surface area contributed by atoms with Gasteiger partial charge in [0.2, 0.25) is 5.91 Å². The van der Waals surface area contributed by atoms with Gasteiger partial charge in [-0.1, -0.05) is 11.6 Å². The molecule has 0 saturated carbocycles. The number of hydrogen-bond donors (Lipinski definition) is 1.